The Labute approximate surface area is 161 Å². The average molecular weight is 386 g/mol. The highest BCUT2D eigenvalue weighted by atomic mass is 35.5. The molecule has 0 N–H and O–H groups in total. The van der Waals surface area contributed by atoms with Gasteiger partial charge in [0.2, 0.25) is 0 Å². The van der Waals surface area contributed by atoms with Crippen LogP contribution in [0.2, 0.25) is 10.0 Å². The van der Waals surface area contributed by atoms with E-state index in [0.717, 1.165) is 31.5 Å². The summed E-state index contributed by atoms with van der Waals surface area (Å²) >= 11 is 12.0. The molecule has 1 atom stereocenters. The van der Waals surface area contributed by atoms with Crippen LogP contribution in [-0.2, 0) is 0 Å². The third-order valence-corrected chi connectivity index (χ3v) is 4.89. The van der Waals surface area contributed by atoms with Crippen LogP contribution in [0.5, 0.6) is 0 Å². The fraction of sp³-hybridized carbons (Fsp3) is 0.579. The number of rotatable bonds is 9. The number of hydrogen-bond acceptors (Lipinski definition) is 3. The highest BCUT2D eigenvalue weighted by Gasteiger charge is 2.21. The number of hydrazone groups is 1. The second kappa shape index (κ2) is 10.7. The second-order valence-electron chi connectivity index (χ2n) is 6.35. The maximum atomic E-state index is 12.9. The van der Waals surface area contributed by atoms with E-state index in [1.165, 1.54) is 0 Å². The second-order valence-corrected chi connectivity index (χ2v) is 7.17. The summed E-state index contributed by atoms with van der Waals surface area (Å²) in [5, 5.41) is 7.36. The van der Waals surface area contributed by atoms with E-state index < -0.39 is 0 Å². The third-order valence-electron chi connectivity index (χ3n) is 4.15. The maximum absolute atomic E-state index is 12.9. The minimum atomic E-state index is -0.0253. The van der Waals surface area contributed by atoms with Gasteiger partial charge in [0, 0.05) is 43.9 Å². The first-order valence-electron chi connectivity index (χ1n) is 8.81. The predicted molar refractivity (Wildman–Crippen MR) is 108 cm³/mol. The molecule has 0 aromatic heterocycles. The van der Waals surface area contributed by atoms with Crippen LogP contribution < -0.4 is 0 Å². The van der Waals surface area contributed by atoms with Crippen LogP contribution in [0.3, 0.4) is 0 Å². The van der Waals surface area contributed by atoms with Gasteiger partial charge in [-0.05, 0) is 44.9 Å². The van der Waals surface area contributed by atoms with E-state index >= 15 is 0 Å². The molecule has 1 rings (SSSR count). The summed E-state index contributed by atoms with van der Waals surface area (Å²) in [6.07, 6.45) is 2.69. The Hall–Kier alpha value is -1.26. The Morgan fingerprint density at radius 3 is 2.44 bits per heavy atom. The average Bonchev–Trinajstić information content (AvgIpc) is 2.57. The Morgan fingerprint density at radius 2 is 1.88 bits per heavy atom. The molecule has 0 saturated carbocycles. The molecule has 1 aromatic rings. The normalized spacial score (nSPS) is 12.8. The van der Waals surface area contributed by atoms with Crippen LogP contribution in [0, 0.1) is 0 Å². The van der Waals surface area contributed by atoms with E-state index in [1.54, 1.807) is 18.2 Å². The van der Waals surface area contributed by atoms with Crippen molar-refractivity contribution in [3.05, 3.63) is 33.8 Å². The van der Waals surface area contributed by atoms with Crippen molar-refractivity contribution in [3.63, 3.8) is 0 Å². The Bertz CT molecular complexity index is 604. The molecule has 0 heterocycles. The van der Waals surface area contributed by atoms with Crippen LogP contribution in [0.1, 0.15) is 57.3 Å². The fourth-order valence-corrected chi connectivity index (χ4v) is 2.83. The van der Waals surface area contributed by atoms with Crippen LogP contribution in [-0.4, -0.2) is 47.7 Å². The van der Waals surface area contributed by atoms with Gasteiger partial charge in [-0.15, -0.1) is 0 Å². The molecule has 1 amide bonds. The van der Waals surface area contributed by atoms with Gasteiger partial charge in [-0.25, -0.2) is 0 Å². The number of carbonyl (C=O) groups excluding carboxylic acids is 1. The van der Waals surface area contributed by atoms with Gasteiger partial charge in [-0.3, -0.25) is 4.79 Å². The molecule has 6 heteroatoms. The molecule has 0 radical (unpaired) electrons. The van der Waals surface area contributed by atoms with Crippen molar-refractivity contribution in [2.75, 3.05) is 20.1 Å². The van der Waals surface area contributed by atoms with Crippen LogP contribution >= 0.6 is 23.2 Å². The zero-order valence-corrected chi connectivity index (χ0v) is 17.4. The highest BCUT2D eigenvalue weighted by molar-refractivity contribution is 6.42. The smallest absolute Gasteiger partial charge is 0.254 e. The van der Waals surface area contributed by atoms with Crippen LogP contribution in [0.15, 0.2) is 23.3 Å². The quantitative estimate of drug-likeness (QED) is 0.424. The third kappa shape index (κ3) is 6.87. The number of carbonyl (C=O) groups is 1. The lowest BCUT2D eigenvalue weighted by Crippen LogP contribution is -2.39. The highest BCUT2D eigenvalue weighted by Crippen LogP contribution is 2.24. The molecule has 0 saturated heterocycles. The molecule has 1 unspecified atom stereocenters. The van der Waals surface area contributed by atoms with Gasteiger partial charge >= 0.3 is 0 Å². The van der Waals surface area contributed by atoms with E-state index in [2.05, 4.69) is 25.9 Å². The molecule has 0 fully saturated rings. The molecule has 1 aromatic carbocycles. The fourth-order valence-electron chi connectivity index (χ4n) is 2.53. The summed E-state index contributed by atoms with van der Waals surface area (Å²) in [5.41, 5.74) is 1.58. The van der Waals surface area contributed by atoms with Gasteiger partial charge in [0.05, 0.1) is 10.0 Å². The Kier molecular flexibility index (Phi) is 9.30. The van der Waals surface area contributed by atoms with Crippen molar-refractivity contribution in [3.8, 4) is 0 Å². The minimum absolute atomic E-state index is 0.0253. The molecule has 140 valence electrons. The van der Waals surface area contributed by atoms with Gasteiger partial charge in [0.25, 0.3) is 5.91 Å². The van der Waals surface area contributed by atoms with E-state index in [1.807, 2.05) is 23.9 Å². The van der Waals surface area contributed by atoms with Gasteiger partial charge < -0.3 is 9.91 Å². The monoisotopic (exact) mass is 385 g/mol. The molecule has 4 nitrogen and oxygen atoms in total. The molecular weight excluding hydrogens is 357 g/mol. The first-order valence-corrected chi connectivity index (χ1v) is 9.56. The Balaban J connectivity index is 2.86. The van der Waals surface area contributed by atoms with Gasteiger partial charge in [-0.1, -0.05) is 37.0 Å². The molecule has 0 aliphatic rings. The van der Waals surface area contributed by atoms with E-state index in [-0.39, 0.29) is 11.9 Å². The molecule has 0 bridgehead atoms. The van der Waals surface area contributed by atoms with Crippen LogP contribution in [0.4, 0.5) is 0 Å². The lowest BCUT2D eigenvalue weighted by atomic mass is 10.1. The molecule has 25 heavy (non-hydrogen) atoms. The Morgan fingerprint density at radius 1 is 1.20 bits per heavy atom. The van der Waals surface area contributed by atoms with Crippen molar-refractivity contribution in [1.29, 1.82) is 0 Å². The summed E-state index contributed by atoms with van der Waals surface area (Å²) in [4.78, 5) is 14.8. The first kappa shape index (κ1) is 21.8. The predicted octanol–water partition coefficient (Wildman–Crippen LogP) is 5.34. The summed E-state index contributed by atoms with van der Waals surface area (Å²) < 4.78 is 0. The standard InChI is InChI=1S/C19H29Cl2N3O/c1-6-11-23(5)22-14(3)10-12-24(15(4)7-2)19(25)16-8-9-17(20)18(21)13-16/h8-9,13,15H,6-7,10-12H2,1-5H3/b22-14+. The zero-order chi connectivity index (χ0) is 19.0. The van der Waals surface area contributed by atoms with E-state index in [0.29, 0.717) is 22.2 Å². The first-order chi connectivity index (χ1) is 11.8. The van der Waals surface area contributed by atoms with Gasteiger partial charge in [0.15, 0.2) is 0 Å². The summed E-state index contributed by atoms with van der Waals surface area (Å²) in [6, 6.07) is 5.17. The lowest BCUT2D eigenvalue weighted by molar-refractivity contribution is 0.0694. The largest absolute Gasteiger partial charge is 0.336 e. The van der Waals surface area contributed by atoms with Gasteiger partial charge in [0.1, 0.15) is 0 Å². The molecular formula is C19H29Cl2N3O. The van der Waals surface area contributed by atoms with E-state index in [4.69, 9.17) is 23.2 Å². The van der Waals surface area contributed by atoms with Gasteiger partial charge in [-0.2, -0.15) is 5.10 Å². The SMILES string of the molecule is CCCN(C)/N=C(\C)CCN(C(=O)c1ccc(Cl)c(Cl)c1)C(C)CC. The number of nitrogens with zero attached hydrogens (tertiary/aromatic N) is 3. The number of amides is 1. The zero-order valence-electron chi connectivity index (χ0n) is 15.9. The lowest BCUT2D eigenvalue weighted by Gasteiger charge is -2.29. The van der Waals surface area contributed by atoms with Crippen molar-refractivity contribution >= 4 is 34.8 Å². The topological polar surface area (TPSA) is 35.9 Å². The number of benzene rings is 1. The van der Waals surface area contributed by atoms with Crippen LogP contribution in [0.25, 0.3) is 0 Å². The summed E-state index contributed by atoms with van der Waals surface area (Å²) in [5.74, 6) is -0.0253. The molecule has 0 aliphatic carbocycles. The summed E-state index contributed by atoms with van der Waals surface area (Å²) in [6.45, 7) is 9.82. The van der Waals surface area contributed by atoms with Crippen molar-refractivity contribution in [2.45, 2.75) is 53.0 Å². The number of hydrogen-bond donors (Lipinski definition) is 0. The van der Waals surface area contributed by atoms with Crippen molar-refractivity contribution in [1.82, 2.24) is 9.91 Å². The van der Waals surface area contributed by atoms with Crippen molar-refractivity contribution < 1.29 is 4.79 Å². The van der Waals surface area contributed by atoms with E-state index in [9.17, 15) is 4.79 Å². The summed E-state index contributed by atoms with van der Waals surface area (Å²) in [7, 11) is 1.97. The maximum Gasteiger partial charge on any atom is 0.254 e. The molecule has 0 spiro atoms. The molecule has 0 aliphatic heterocycles. The minimum Gasteiger partial charge on any atom is -0.336 e. The van der Waals surface area contributed by atoms with Crippen molar-refractivity contribution in [2.24, 2.45) is 5.10 Å². The number of halogens is 2.